The van der Waals surface area contributed by atoms with Crippen molar-refractivity contribution in [2.45, 2.75) is 33.1 Å². The van der Waals surface area contributed by atoms with Crippen LogP contribution in [0.2, 0.25) is 0 Å². The maximum atomic E-state index is 4.84. The first-order chi connectivity index (χ1) is 11.2. The van der Waals surface area contributed by atoms with Gasteiger partial charge in [-0.25, -0.2) is 9.97 Å². The highest BCUT2D eigenvalue weighted by Gasteiger charge is 2.22. The fourth-order valence-electron chi connectivity index (χ4n) is 3.05. The van der Waals surface area contributed by atoms with Crippen LogP contribution < -0.4 is 5.32 Å². The first-order valence-corrected chi connectivity index (χ1v) is 9.00. The van der Waals surface area contributed by atoms with Crippen LogP contribution in [0.15, 0.2) is 24.5 Å². The summed E-state index contributed by atoms with van der Waals surface area (Å²) in [5, 5.41) is 4.79. The Morgan fingerprint density at radius 1 is 1.26 bits per heavy atom. The van der Waals surface area contributed by atoms with Crippen molar-refractivity contribution in [1.29, 1.82) is 0 Å². The Morgan fingerprint density at radius 3 is 2.96 bits per heavy atom. The summed E-state index contributed by atoms with van der Waals surface area (Å²) in [4.78, 5) is 16.5. The normalized spacial score (nSPS) is 13.7. The van der Waals surface area contributed by atoms with E-state index in [0.29, 0.717) is 5.92 Å². The molecule has 23 heavy (non-hydrogen) atoms. The van der Waals surface area contributed by atoms with Gasteiger partial charge in [0.15, 0.2) is 5.82 Å². The van der Waals surface area contributed by atoms with Crippen molar-refractivity contribution in [3.05, 3.63) is 35.0 Å². The Kier molecular flexibility index (Phi) is 3.73. The van der Waals surface area contributed by atoms with Gasteiger partial charge in [-0.1, -0.05) is 13.8 Å². The van der Waals surface area contributed by atoms with Gasteiger partial charge in [0.05, 0.1) is 5.39 Å². The number of rotatable bonds is 4. The molecule has 3 aromatic rings. The van der Waals surface area contributed by atoms with Gasteiger partial charge in [0.2, 0.25) is 0 Å². The van der Waals surface area contributed by atoms with Crippen LogP contribution in [0, 0.1) is 5.92 Å². The molecule has 0 aliphatic heterocycles. The van der Waals surface area contributed by atoms with E-state index in [0.717, 1.165) is 35.0 Å². The lowest BCUT2D eigenvalue weighted by atomic mass is 10.1. The molecule has 1 aliphatic rings. The van der Waals surface area contributed by atoms with Gasteiger partial charge in [-0.3, -0.25) is 4.98 Å². The highest BCUT2D eigenvalue weighted by Crippen LogP contribution is 2.40. The molecule has 4 nitrogen and oxygen atoms in total. The summed E-state index contributed by atoms with van der Waals surface area (Å²) in [6.45, 7) is 5.35. The number of hydrogen-bond acceptors (Lipinski definition) is 5. The van der Waals surface area contributed by atoms with Crippen LogP contribution in [-0.2, 0) is 12.8 Å². The highest BCUT2D eigenvalue weighted by molar-refractivity contribution is 7.19. The third-order valence-electron chi connectivity index (χ3n) is 4.16. The second kappa shape index (κ2) is 5.89. The second-order valence-electron chi connectivity index (χ2n) is 6.45. The number of anilines is 1. The Bertz CT molecular complexity index is 839. The predicted molar refractivity (Wildman–Crippen MR) is 96.0 cm³/mol. The minimum absolute atomic E-state index is 0.577. The zero-order valence-corrected chi connectivity index (χ0v) is 14.3. The van der Waals surface area contributed by atoms with Crippen LogP contribution in [0.4, 0.5) is 5.82 Å². The Labute approximate surface area is 140 Å². The van der Waals surface area contributed by atoms with Gasteiger partial charge < -0.3 is 5.32 Å². The Morgan fingerprint density at radius 2 is 2.17 bits per heavy atom. The lowest BCUT2D eigenvalue weighted by molar-refractivity contribution is 0.687. The van der Waals surface area contributed by atoms with Gasteiger partial charge >= 0.3 is 0 Å². The summed E-state index contributed by atoms with van der Waals surface area (Å²) in [5.41, 5.74) is 2.43. The molecule has 4 rings (SSSR count). The molecule has 0 aromatic carbocycles. The summed E-state index contributed by atoms with van der Waals surface area (Å²) < 4.78 is 0. The average molecular weight is 324 g/mol. The smallest absolute Gasteiger partial charge is 0.164 e. The minimum atomic E-state index is 0.577. The fraction of sp³-hybridized carbons (Fsp3) is 0.389. The largest absolute Gasteiger partial charge is 0.369 e. The summed E-state index contributed by atoms with van der Waals surface area (Å²) in [7, 11) is 0. The van der Waals surface area contributed by atoms with E-state index >= 15 is 0 Å². The van der Waals surface area contributed by atoms with Gasteiger partial charge in [-0.05, 0) is 42.9 Å². The molecule has 0 radical (unpaired) electrons. The maximum absolute atomic E-state index is 4.84. The molecule has 118 valence electrons. The number of aromatic nitrogens is 3. The number of aryl methyl sites for hydroxylation is 2. The van der Waals surface area contributed by atoms with Crippen LogP contribution in [0.1, 0.15) is 30.7 Å². The minimum Gasteiger partial charge on any atom is -0.369 e. The monoisotopic (exact) mass is 324 g/mol. The van der Waals surface area contributed by atoms with Crippen molar-refractivity contribution in [2.24, 2.45) is 5.92 Å². The molecule has 0 unspecified atom stereocenters. The van der Waals surface area contributed by atoms with E-state index in [4.69, 9.17) is 9.97 Å². The molecule has 0 fully saturated rings. The number of hydrogen-bond donors (Lipinski definition) is 1. The summed E-state index contributed by atoms with van der Waals surface area (Å²) in [6, 6.07) is 3.94. The maximum Gasteiger partial charge on any atom is 0.164 e. The Hall–Kier alpha value is -2.01. The quantitative estimate of drug-likeness (QED) is 0.777. The van der Waals surface area contributed by atoms with Crippen molar-refractivity contribution >= 4 is 27.4 Å². The van der Waals surface area contributed by atoms with E-state index in [1.54, 1.807) is 6.20 Å². The first-order valence-electron chi connectivity index (χ1n) is 8.19. The number of thiophene rings is 1. The van der Waals surface area contributed by atoms with Crippen molar-refractivity contribution in [2.75, 3.05) is 11.9 Å². The number of nitrogens with zero attached hydrogens (tertiary/aromatic N) is 3. The lowest BCUT2D eigenvalue weighted by Gasteiger charge is -2.11. The summed E-state index contributed by atoms with van der Waals surface area (Å²) in [6.07, 6.45) is 7.20. The number of nitrogens with one attached hydrogen (secondary N) is 1. The zero-order valence-electron chi connectivity index (χ0n) is 13.5. The first kappa shape index (κ1) is 14.6. The number of fused-ring (bicyclic) bond motifs is 3. The van der Waals surface area contributed by atoms with E-state index in [1.807, 2.05) is 29.7 Å². The van der Waals surface area contributed by atoms with Crippen LogP contribution in [0.25, 0.3) is 21.6 Å². The fourth-order valence-corrected chi connectivity index (χ4v) is 4.31. The molecule has 0 amide bonds. The van der Waals surface area contributed by atoms with E-state index in [2.05, 4.69) is 24.1 Å². The van der Waals surface area contributed by atoms with E-state index in [9.17, 15) is 0 Å². The molecule has 0 bridgehead atoms. The third kappa shape index (κ3) is 2.70. The van der Waals surface area contributed by atoms with Crippen molar-refractivity contribution in [1.82, 2.24) is 15.0 Å². The average Bonchev–Trinajstić information content (AvgIpc) is 3.13. The lowest BCUT2D eigenvalue weighted by Crippen LogP contribution is -2.10. The van der Waals surface area contributed by atoms with Crippen LogP contribution in [-0.4, -0.2) is 21.5 Å². The van der Waals surface area contributed by atoms with E-state index in [-0.39, 0.29) is 0 Å². The zero-order chi connectivity index (χ0) is 15.8. The van der Waals surface area contributed by atoms with Crippen LogP contribution >= 0.6 is 11.3 Å². The van der Waals surface area contributed by atoms with Gasteiger partial charge in [-0.2, -0.15) is 0 Å². The van der Waals surface area contributed by atoms with Crippen molar-refractivity contribution < 1.29 is 0 Å². The van der Waals surface area contributed by atoms with Crippen molar-refractivity contribution in [3.63, 3.8) is 0 Å². The van der Waals surface area contributed by atoms with E-state index < -0.39 is 0 Å². The molecular formula is C18H20N4S. The number of pyridine rings is 1. The second-order valence-corrected chi connectivity index (χ2v) is 7.53. The predicted octanol–water partition coefficient (Wildman–Crippen LogP) is 4.31. The van der Waals surface area contributed by atoms with Gasteiger partial charge in [0, 0.05) is 29.4 Å². The molecular weight excluding hydrogens is 304 g/mol. The standard InChI is InChI=1S/C18H20N4S/c1-11(2)9-20-17-15-13-6-3-7-14(13)23-18(15)22-16(21-17)12-5-4-8-19-10-12/h4-5,8,10-11H,3,6-7,9H2,1-2H3,(H,20,21,22). The summed E-state index contributed by atoms with van der Waals surface area (Å²) in [5.74, 6) is 2.33. The SMILES string of the molecule is CC(C)CNc1nc(-c2cccnc2)nc2sc3c(c12)CCC3. The molecule has 0 atom stereocenters. The Balaban J connectivity index is 1.87. The third-order valence-corrected chi connectivity index (χ3v) is 5.35. The molecule has 3 heterocycles. The molecule has 1 aliphatic carbocycles. The molecule has 3 aromatic heterocycles. The molecule has 0 saturated carbocycles. The van der Waals surface area contributed by atoms with Gasteiger partial charge in [-0.15, -0.1) is 11.3 Å². The van der Waals surface area contributed by atoms with Gasteiger partial charge in [0.1, 0.15) is 10.6 Å². The molecule has 1 N–H and O–H groups in total. The van der Waals surface area contributed by atoms with Crippen LogP contribution in [0.5, 0.6) is 0 Å². The van der Waals surface area contributed by atoms with Crippen molar-refractivity contribution in [3.8, 4) is 11.4 Å². The topological polar surface area (TPSA) is 50.7 Å². The van der Waals surface area contributed by atoms with E-state index in [1.165, 1.54) is 28.7 Å². The highest BCUT2D eigenvalue weighted by atomic mass is 32.1. The van der Waals surface area contributed by atoms with Crippen LogP contribution in [0.3, 0.4) is 0 Å². The van der Waals surface area contributed by atoms with Gasteiger partial charge in [0.25, 0.3) is 0 Å². The molecule has 0 saturated heterocycles. The molecule has 5 heteroatoms. The molecule has 0 spiro atoms. The summed E-state index contributed by atoms with van der Waals surface area (Å²) >= 11 is 1.83.